The number of nitrogen functional groups attached to an aromatic ring is 1. The maximum Gasteiger partial charge on any atom is 0.121 e. The van der Waals surface area contributed by atoms with E-state index in [4.69, 9.17) is 10.8 Å². The van der Waals surface area contributed by atoms with Gasteiger partial charge in [-0.2, -0.15) is 0 Å². The zero-order valence-electron chi connectivity index (χ0n) is 7.70. The van der Waals surface area contributed by atoms with Gasteiger partial charge in [0.2, 0.25) is 0 Å². The largest absolute Gasteiger partial charge is 0.508 e. The van der Waals surface area contributed by atoms with Crippen LogP contribution in [0.5, 0.6) is 5.75 Å². The van der Waals surface area contributed by atoms with Gasteiger partial charge in [-0.1, -0.05) is 0 Å². The Labute approximate surface area is 77.0 Å². The molecule has 72 valence electrons. The highest BCUT2D eigenvalue weighted by atomic mass is 16.3. The minimum atomic E-state index is -0.692. The fourth-order valence-electron chi connectivity index (χ4n) is 1.12. The molecule has 13 heavy (non-hydrogen) atoms. The molecular formula is C9H14N2O2. The Bertz CT molecular complexity index is 311. The lowest BCUT2D eigenvalue weighted by molar-refractivity contribution is 0.224. The van der Waals surface area contributed by atoms with Crippen molar-refractivity contribution in [2.24, 2.45) is 0 Å². The third kappa shape index (κ3) is 2.03. The molecule has 0 bridgehead atoms. The van der Waals surface area contributed by atoms with Gasteiger partial charge in [-0.3, -0.25) is 0 Å². The molecule has 0 aliphatic heterocycles. The molecule has 1 aromatic rings. The van der Waals surface area contributed by atoms with Crippen molar-refractivity contribution in [3.63, 3.8) is 0 Å². The summed E-state index contributed by atoms with van der Waals surface area (Å²) >= 11 is 0. The fourth-order valence-corrected chi connectivity index (χ4v) is 1.12. The Morgan fingerprint density at radius 1 is 1.46 bits per heavy atom. The van der Waals surface area contributed by atoms with Crippen molar-refractivity contribution in [2.45, 2.75) is 20.1 Å². The van der Waals surface area contributed by atoms with Crippen molar-refractivity contribution in [3.05, 3.63) is 17.7 Å². The lowest BCUT2D eigenvalue weighted by Crippen LogP contribution is -2.15. The van der Waals surface area contributed by atoms with Crippen LogP contribution in [0.4, 0.5) is 11.4 Å². The number of aliphatic hydroxyl groups is 1. The monoisotopic (exact) mass is 182 g/mol. The van der Waals surface area contributed by atoms with E-state index in [9.17, 15) is 5.11 Å². The van der Waals surface area contributed by atoms with Gasteiger partial charge in [-0.05, 0) is 26.0 Å². The molecule has 0 aliphatic carbocycles. The predicted octanol–water partition coefficient (Wildman–Crippen LogP) is 1.03. The Kier molecular flexibility index (Phi) is 2.63. The van der Waals surface area contributed by atoms with Crippen molar-refractivity contribution in [1.82, 2.24) is 0 Å². The molecule has 0 amide bonds. The van der Waals surface area contributed by atoms with Gasteiger partial charge in [-0.15, -0.1) is 0 Å². The van der Waals surface area contributed by atoms with Gasteiger partial charge < -0.3 is 21.3 Å². The van der Waals surface area contributed by atoms with Gasteiger partial charge in [0.1, 0.15) is 12.0 Å². The average Bonchev–Trinajstić information content (AvgIpc) is 2.05. The number of aromatic hydroxyl groups is 1. The van der Waals surface area contributed by atoms with Crippen LogP contribution < -0.4 is 11.1 Å². The lowest BCUT2D eigenvalue weighted by atomic mass is 10.1. The molecule has 5 N–H and O–H groups in total. The maximum absolute atomic E-state index is 9.36. The Balaban J connectivity index is 3.10. The lowest BCUT2D eigenvalue weighted by Gasteiger charge is -2.15. The first kappa shape index (κ1) is 9.67. The Morgan fingerprint density at radius 3 is 2.62 bits per heavy atom. The zero-order chi connectivity index (χ0) is 10.0. The zero-order valence-corrected chi connectivity index (χ0v) is 7.70. The molecule has 0 radical (unpaired) electrons. The third-order valence-corrected chi connectivity index (χ3v) is 1.82. The SMILES string of the molecule is Cc1c(O)ccc(N)c1NC(C)O. The molecule has 1 rings (SSSR count). The van der Waals surface area contributed by atoms with Gasteiger partial charge in [0.25, 0.3) is 0 Å². The molecule has 0 saturated carbocycles. The van der Waals surface area contributed by atoms with Crippen LogP contribution in [0.25, 0.3) is 0 Å². The van der Waals surface area contributed by atoms with Crippen LogP contribution in [-0.4, -0.2) is 16.4 Å². The van der Waals surface area contributed by atoms with Crippen molar-refractivity contribution in [2.75, 3.05) is 11.1 Å². The molecule has 0 spiro atoms. The third-order valence-electron chi connectivity index (χ3n) is 1.82. The average molecular weight is 182 g/mol. The fraction of sp³-hybridized carbons (Fsp3) is 0.333. The van der Waals surface area contributed by atoms with Crippen LogP contribution in [0.1, 0.15) is 12.5 Å². The summed E-state index contributed by atoms with van der Waals surface area (Å²) in [6, 6.07) is 3.12. The van der Waals surface area contributed by atoms with Crippen molar-refractivity contribution in [3.8, 4) is 5.75 Å². The van der Waals surface area contributed by atoms with Crippen LogP contribution in [0, 0.1) is 6.92 Å². The van der Waals surface area contributed by atoms with Gasteiger partial charge in [0, 0.05) is 5.56 Å². The molecule has 0 aliphatic rings. The molecule has 4 nitrogen and oxygen atoms in total. The summed E-state index contributed by atoms with van der Waals surface area (Å²) in [5.74, 6) is 0.164. The molecular weight excluding hydrogens is 168 g/mol. The van der Waals surface area contributed by atoms with E-state index in [-0.39, 0.29) is 5.75 Å². The van der Waals surface area contributed by atoms with E-state index < -0.39 is 6.23 Å². The van der Waals surface area contributed by atoms with E-state index >= 15 is 0 Å². The summed E-state index contributed by atoms with van der Waals surface area (Å²) in [6.07, 6.45) is -0.692. The summed E-state index contributed by atoms with van der Waals surface area (Å²) in [7, 11) is 0. The quantitative estimate of drug-likeness (QED) is 0.313. The first-order valence-electron chi connectivity index (χ1n) is 4.05. The molecule has 4 heteroatoms. The number of hydrogen-bond donors (Lipinski definition) is 4. The van der Waals surface area contributed by atoms with E-state index in [1.54, 1.807) is 19.9 Å². The molecule has 0 heterocycles. The van der Waals surface area contributed by atoms with Crippen molar-refractivity contribution >= 4 is 11.4 Å². The topological polar surface area (TPSA) is 78.5 Å². The van der Waals surface area contributed by atoms with Crippen LogP contribution in [0.15, 0.2) is 12.1 Å². The minimum absolute atomic E-state index is 0.164. The first-order valence-corrected chi connectivity index (χ1v) is 4.05. The van der Waals surface area contributed by atoms with E-state index in [0.717, 1.165) is 0 Å². The van der Waals surface area contributed by atoms with Gasteiger partial charge in [0.15, 0.2) is 0 Å². The summed E-state index contributed by atoms with van der Waals surface area (Å²) in [6.45, 7) is 3.32. The van der Waals surface area contributed by atoms with Crippen molar-refractivity contribution in [1.29, 1.82) is 0 Å². The Morgan fingerprint density at radius 2 is 2.08 bits per heavy atom. The first-order chi connectivity index (χ1) is 6.02. The maximum atomic E-state index is 9.36. The molecule has 1 atom stereocenters. The highest BCUT2D eigenvalue weighted by Crippen LogP contribution is 2.30. The number of benzene rings is 1. The van der Waals surface area contributed by atoms with Crippen LogP contribution in [-0.2, 0) is 0 Å². The minimum Gasteiger partial charge on any atom is -0.508 e. The van der Waals surface area contributed by atoms with Crippen LogP contribution in [0.3, 0.4) is 0 Å². The molecule has 1 aromatic carbocycles. The van der Waals surface area contributed by atoms with E-state index in [0.29, 0.717) is 16.9 Å². The number of anilines is 2. The van der Waals surface area contributed by atoms with Crippen LogP contribution in [0.2, 0.25) is 0 Å². The summed E-state index contributed by atoms with van der Waals surface area (Å²) in [5, 5.41) is 21.2. The summed E-state index contributed by atoms with van der Waals surface area (Å²) in [4.78, 5) is 0. The van der Waals surface area contributed by atoms with Gasteiger partial charge in [0.05, 0.1) is 11.4 Å². The second kappa shape index (κ2) is 3.53. The van der Waals surface area contributed by atoms with E-state index in [2.05, 4.69) is 5.32 Å². The summed E-state index contributed by atoms with van der Waals surface area (Å²) in [5.41, 5.74) is 7.38. The number of phenolic OH excluding ortho intramolecular Hbond substituents is 1. The van der Waals surface area contributed by atoms with E-state index in [1.807, 2.05) is 0 Å². The Hall–Kier alpha value is -1.42. The van der Waals surface area contributed by atoms with Crippen molar-refractivity contribution < 1.29 is 10.2 Å². The summed E-state index contributed by atoms with van der Waals surface area (Å²) < 4.78 is 0. The second-order valence-corrected chi connectivity index (χ2v) is 2.99. The highest BCUT2D eigenvalue weighted by molar-refractivity contribution is 5.73. The normalized spacial score (nSPS) is 12.5. The van der Waals surface area contributed by atoms with Gasteiger partial charge >= 0.3 is 0 Å². The molecule has 1 unspecified atom stereocenters. The predicted molar refractivity (Wildman–Crippen MR) is 52.6 cm³/mol. The molecule has 0 saturated heterocycles. The van der Waals surface area contributed by atoms with Gasteiger partial charge in [-0.25, -0.2) is 0 Å². The number of hydrogen-bond acceptors (Lipinski definition) is 4. The number of phenols is 1. The smallest absolute Gasteiger partial charge is 0.121 e. The second-order valence-electron chi connectivity index (χ2n) is 2.99. The molecule has 0 fully saturated rings. The van der Waals surface area contributed by atoms with Crippen LogP contribution >= 0.6 is 0 Å². The van der Waals surface area contributed by atoms with E-state index in [1.165, 1.54) is 6.07 Å². The molecule has 0 aromatic heterocycles. The number of nitrogens with two attached hydrogens (primary N) is 1. The highest BCUT2D eigenvalue weighted by Gasteiger charge is 2.08. The number of rotatable bonds is 2. The number of aliphatic hydroxyl groups excluding tert-OH is 1. The number of nitrogens with one attached hydrogen (secondary N) is 1. The standard InChI is InChI=1S/C9H14N2O2/c1-5-8(13)4-3-7(10)9(5)11-6(2)12/h3-4,6,11-13H,10H2,1-2H3.